The summed E-state index contributed by atoms with van der Waals surface area (Å²) in [6.45, 7) is 0. The molecule has 0 saturated carbocycles. The summed E-state index contributed by atoms with van der Waals surface area (Å²) in [4.78, 5) is 10.5. The highest BCUT2D eigenvalue weighted by Gasteiger charge is 2.43. The van der Waals surface area contributed by atoms with E-state index >= 15 is 0 Å². The molecule has 0 amide bonds. The van der Waals surface area contributed by atoms with E-state index in [1.165, 1.54) is 6.42 Å². The van der Waals surface area contributed by atoms with Crippen LogP contribution in [0.25, 0.3) is 10.2 Å². The van der Waals surface area contributed by atoms with Gasteiger partial charge in [0.25, 0.3) is 0 Å². The van der Waals surface area contributed by atoms with Crippen molar-refractivity contribution >= 4 is 27.4 Å². The summed E-state index contributed by atoms with van der Waals surface area (Å²) in [6.07, 6.45) is 4.25. The summed E-state index contributed by atoms with van der Waals surface area (Å²) in [6, 6.07) is 2.08. The Morgan fingerprint density at radius 1 is 1.39 bits per heavy atom. The van der Waals surface area contributed by atoms with Gasteiger partial charge in [0.2, 0.25) is 0 Å². The Kier molecular flexibility index (Phi) is 2.32. The average Bonchev–Trinajstić information content (AvgIpc) is 3.12. The molecule has 2 aliphatic rings. The molecule has 0 aromatic carbocycles. The van der Waals surface area contributed by atoms with E-state index in [1.807, 2.05) is 7.05 Å². The maximum atomic E-state index is 5.91. The van der Waals surface area contributed by atoms with Crippen molar-refractivity contribution in [3.05, 3.63) is 17.3 Å². The first-order chi connectivity index (χ1) is 8.85. The van der Waals surface area contributed by atoms with Crippen LogP contribution in [0, 0.1) is 0 Å². The van der Waals surface area contributed by atoms with Crippen molar-refractivity contribution in [2.45, 2.75) is 37.4 Å². The Balaban J connectivity index is 1.80. The van der Waals surface area contributed by atoms with Crippen LogP contribution < -0.4 is 5.32 Å². The number of hydrogen-bond acceptors (Lipinski definition) is 5. The van der Waals surface area contributed by atoms with E-state index in [2.05, 4.69) is 16.8 Å². The fourth-order valence-corrected chi connectivity index (χ4v) is 3.91. The van der Waals surface area contributed by atoms with Gasteiger partial charge in [0.15, 0.2) is 0 Å². The summed E-state index contributed by atoms with van der Waals surface area (Å²) in [5.41, 5.74) is 0. The molecule has 2 bridgehead atoms. The van der Waals surface area contributed by atoms with Crippen LogP contribution in [0.15, 0.2) is 11.4 Å². The van der Waals surface area contributed by atoms with E-state index in [-0.39, 0.29) is 0 Å². The van der Waals surface area contributed by atoms with E-state index < -0.39 is 0 Å². The van der Waals surface area contributed by atoms with E-state index in [1.54, 1.807) is 11.3 Å². The van der Waals surface area contributed by atoms with E-state index in [0.717, 1.165) is 34.7 Å². The lowest BCUT2D eigenvalue weighted by atomic mass is 9.88. The molecule has 1 N–H and O–H groups in total. The molecular formula is C13H15N3OS. The van der Waals surface area contributed by atoms with E-state index in [9.17, 15) is 0 Å². The molecule has 5 heteroatoms. The largest absolute Gasteiger partial charge is 0.374 e. The Labute approximate surface area is 109 Å². The molecule has 4 rings (SSSR count). The number of thiophene rings is 1. The molecule has 4 nitrogen and oxygen atoms in total. The van der Waals surface area contributed by atoms with Crippen molar-refractivity contribution in [3.63, 3.8) is 0 Å². The van der Waals surface area contributed by atoms with E-state index in [0.29, 0.717) is 18.1 Å². The predicted molar refractivity (Wildman–Crippen MR) is 72.2 cm³/mol. The van der Waals surface area contributed by atoms with Gasteiger partial charge in [-0.15, -0.1) is 11.3 Å². The molecule has 2 aromatic heterocycles. The van der Waals surface area contributed by atoms with Gasteiger partial charge in [0.05, 0.1) is 17.6 Å². The summed E-state index contributed by atoms with van der Waals surface area (Å²) in [7, 11) is 1.92. The highest BCUT2D eigenvalue weighted by molar-refractivity contribution is 7.16. The molecule has 4 heterocycles. The minimum Gasteiger partial charge on any atom is -0.374 e. The SMILES string of the molecule is CNc1nc(C2CC3CCC2O3)nc2sccc12. The molecule has 3 atom stereocenters. The van der Waals surface area contributed by atoms with Crippen molar-refractivity contribution in [2.24, 2.45) is 0 Å². The van der Waals surface area contributed by atoms with Gasteiger partial charge in [-0.3, -0.25) is 0 Å². The minimum absolute atomic E-state index is 0.345. The Morgan fingerprint density at radius 2 is 2.33 bits per heavy atom. The Hall–Kier alpha value is -1.20. The highest BCUT2D eigenvalue weighted by Crippen LogP contribution is 2.44. The zero-order valence-electron chi connectivity index (χ0n) is 10.2. The lowest BCUT2D eigenvalue weighted by Gasteiger charge is -2.17. The summed E-state index contributed by atoms with van der Waals surface area (Å²) in [5.74, 6) is 2.29. The van der Waals surface area contributed by atoms with Crippen LogP contribution >= 0.6 is 11.3 Å². The molecule has 2 fully saturated rings. The number of fused-ring (bicyclic) bond motifs is 3. The third-order valence-electron chi connectivity index (χ3n) is 4.02. The lowest BCUT2D eigenvalue weighted by Crippen LogP contribution is -2.17. The molecule has 0 radical (unpaired) electrons. The maximum absolute atomic E-state index is 5.91. The van der Waals surface area contributed by atoms with Crippen LogP contribution in [0.2, 0.25) is 0 Å². The number of aromatic nitrogens is 2. The van der Waals surface area contributed by atoms with Gasteiger partial charge in [-0.1, -0.05) is 0 Å². The van der Waals surface area contributed by atoms with Gasteiger partial charge < -0.3 is 10.1 Å². The number of nitrogens with zero attached hydrogens (tertiary/aromatic N) is 2. The van der Waals surface area contributed by atoms with Crippen LogP contribution in [0.4, 0.5) is 5.82 Å². The third-order valence-corrected chi connectivity index (χ3v) is 4.82. The second kappa shape index (κ2) is 3.90. The number of anilines is 1. The van der Waals surface area contributed by atoms with Crippen molar-refractivity contribution in [1.82, 2.24) is 9.97 Å². The summed E-state index contributed by atoms with van der Waals surface area (Å²) >= 11 is 1.68. The molecule has 3 unspecified atom stereocenters. The monoisotopic (exact) mass is 261 g/mol. The fraction of sp³-hybridized carbons (Fsp3) is 0.538. The number of rotatable bonds is 2. The first kappa shape index (κ1) is 10.7. The van der Waals surface area contributed by atoms with Gasteiger partial charge in [0.1, 0.15) is 16.5 Å². The minimum atomic E-state index is 0.345. The normalized spacial score (nSPS) is 30.2. The van der Waals surface area contributed by atoms with Crippen LogP contribution in [0.1, 0.15) is 31.0 Å². The zero-order valence-corrected chi connectivity index (χ0v) is 11.0. The first-order valence-electron chi connectivity index (χ1n) is 6.43. The second-order valence-electron chi connectivity index (χ2n) is 5.04. The van der Waals surface area contributed by atoms with Crippen molar-refractivity contribution < 1.29 is 4.74 Å². The van der Waals surface area contributed by atoms with Crippen LogP contribution in [-0.2, 0) is 4.74 Å². The molecule has 2 saturated heterocycles. The Bertz CT molecular complexity index is 597. The van der Waals surface area contributed by atoms with Gasteiger partial charge in [-0.25, -0.2) is 9.97 Å². The highest BCUT2D eigenvalue weighted by atomic mass is 32.1. The van der Waals surface area contributed by atoms with Gasteiger partial charge >= 0.3 is 0 Å². The van der Waals surface area contributed by atoms with Crippen LogP contribution in [-0.4, -0.2) is 29.2 Å². The fourth-order valence-electron chi connectivity index (χ4n) is 3.14. The van der Waals surface area contributed by atoms with Gasteiger partial charge in [-0.05, 0) is 30.7 Å². The molecule has 0 spiro atoms. The zero-order chi connectivity index (χ0) is 12.1. The molecule has 2 aliphatic heterocycles. The second-order valence-corrected chi connectivity index (χ2v) is 5.93. The maximum Gasteiger partial charge on any atom is 0.138 e. The number of nitrogens with one attached hydrogen (secondary N) is 1. The van der Waals surface area contributed by atoms with Crippen LogP contribution in [0.5, 0.6) is 0 Å². The Morgan fingerprint density at radius 3 is 3.06 bits per heavy atom. The van der Waals surface area contributed by atoms with E-state index in [4.69, 9.17) is 14.7 Å². The quantitative estimate of drug-likeness (QED) is 0.903. The third kappa shape index (κ3) is 1.47. The first-order valence-corrected chi connectivity index (χ1v) is 7.31. The smallest absolute Gasteiger partial charge is 0.138 e. The molecule has 2 aromatic rings. The molecule has 18 heavy (non-hydrogen) atoms. The summed E-state index contributed by atoms with van der Waals surface area (Å²) < 4.78 is 5.91. The standard InChI is InChI=1S/C13H15N3OS/c1-14-11-8-4-5-18-13(8)16-12(15-11)9-6-7-2-3-10(9)17-7/h4-5,7,9-10H,2-3,6H2,1H3,(H,14,15,16). The van der Waals surface area contributed by atoms with Gasteiger partial charge in [0, 0.05) is 13.0 Å². The number of hydrogen-bond donors (Lipinski definition) is 1. The predicted octanol–water partition coefficient (Wildman–Crippen LogP) is 2.77. The average molecular weight is 261 g/mol. The number of ether oxygens (including phenoxy) is 1. The van der Waals surface area contributed by atoms with Crippen molar-refractivity contribution in [2.75, 3.05) is 12.4 Å². The summed E-state index contributed by atoms with van der Waals surface area (Å²) in [5, 5.41) is 6.37. The molecule has 94 valence electrons. The topological polar surface area (TPSA) is 47.0 Å². The molecular weight excluding hydrogens is 246 g/mol. The lowest BCUT2D eigenvalue weighted by molar-refractivity contribution is 0.0999. The van der Waals surface area contributed by atoms with Crippen molar-refractivity contribution in [1.29, 1.82) is 0 Å². The molecule has 0 aliphatic carbocycles. The van der Waals surface area contributed by atoms with Crippen LogP contribution in [0.3, 0.4) is 0 Å². The van der Waals surface area contributed by atoms with Crippen molar-refractivity contribution in [3.8, 4) is 0 Å². The van der Waals surface area contributed by atoms with Gasteiger partial charge in [-0.2, -0.15) is 0 Å².